The number of aromatic amines is 1. The maximum atomic E-state index is 14.1. The number of thiazole rings is 1. The van der Waals surface area contributed by atoms with Gasteiger partial charge in [0.1, 0.15) is 5.75 Å². The van der Waals surface area contributed by atoms with Crippen LogP contribution in [0.15, 0.2) is 82.6 Å². The van der Waals surface area contributed by atoms with Crippen molar-refractivity contribution in [3.63, 3.8) is 0 Å². The molecule has 2 aliphatic carbocycles. The molecule has 10 nitrogen and oxygen atoms in total. The van der Waals surface area contributed by atoms with E-state index in [1.165, 1.54) is 16.2 Å². The van der Waals surface area contributed by atoms with Crippen LogP contribution in [0.5, 0.6) is 5.75 Å². The van der Waals surface area contributed by atoms with Gasteiger partial charge in [-0.2, -0.15) is 0 Å². The summed E-state index contributed by atoms with van der Waals surface area (Å²) < 4.78 is 11.2. The number of amides is 3. The number of para-hydroxylation sites is 1. The molecule has 2 bridgehead atoms. The summed E-state index contributed by atoms with van der Waals surface area (Å²) in [6, 6.07) is 21.5. The standard InChI is InChI=1S/C37H33N3O7S2/c1-3-46-36(44)19-10-12-20(13-11-19)38-26(41)17-47-25-7-5-4-6-22(25)27-28-23-16-24(31(28)48-33-32(27)49-37(45)39-33)30-29(23)34(42)40(35(30)43)21-14-8-18(2)9-15-21/h4-15,23-24,27-31H,3,16-17H2,1-2H3,(H,38,41)(H,39,45)/t23?,24?,27-,28?,29?,30?,31?/m1/s1. The minimum absolute atomic E-state index is 0.00924. The van der Waals surface area contributed by atoms with Crippen molar-refractivity contribution in [1.29, 1.82) is 0 Å². The van der Waals surface area contributed by atoms with Crippen molar-refractivity contribution in [3.8, 4) is 5.75 Å². The second-order valence-electron chi connectivity index (χ2n) is 13.0. The highest BCUT2D eigenvalue weighted by atomic mass is 32.2. The van der Waals surface area contributed by atoms with Crippen LogP contribution in [0, 0.1) is 36.5 Å². The molecule has 49 heavy (non-hydrogen) atoms. The summed E-state index contributed by atoms with van der Waals surface area (Å²) in [5.74, 6) is -1.70. The first kappa shape index (κ1) is 31.6. The van der Waals surface area contributed by atoms with Gasteiger partial charge in [0.2, 0.25) is 11.8 Å². The summed E-state index contributed by atoms with van der Waals surface area (Å²) in [5, 5.41) is 3.63. The Labute approximate surface area is 290 Å². The molecule has 0 radical (unpaired) electrons. The average Bonchev–Trinajstić information content (AvgIpc) is 3.84. The lowest BCUT2D eigenvalue weighted by molar-refractivity contribution is -0.123. The highest BCUT2D eigenvalue weighted by Gasteiger charge is 2.69. The zero-order valence-corrected chi connectivity index (χ0v) is 28.3. The summed E-state index contributed by atoms with van der Waals surface area (Å²) in [5.41, 5.74) is 3.40. The molecule has 2 saturated carbocycles. The summed E-state index contributed by atoms with van der Waals surface area (Å²) in [6.45, 7) is 3.71. The molecule has 1 saturated heterocycles. The van der Waals surface area contributed by atoms with Gasteiger partial charge in [0.15, 0.2) is 6.61 Å². The zero-order chi connectivity index (χ0) is 34.0. The van der Waals surface area contributed by atoms with Crippen molar-refractivity contribution < 1.29 is 28.7 Å². The van der Waals surface area contributed by atoms with E-state index in [4.69, 9.17) is 9.47 Å². The quantitative estimate of drug-likeness (QED) is 0.179. The van der Waals surface area contributed by atoms with E-state index in [1.807, 2.05) is 55.5 Å². The van der Waals surface area contributed by atoms with Gasteiger partial charge in [-0.1, -0.05) is 47.2 Å². The van der Waals surface area contributed by atoms with E-state index in [0.717, 1.165) is 27.5 Å². The van der Waals surface area contributed by atoms with Crippen molar-refractivity contribution >= 4 is 58.2 Å². The molecule has 3 aromatic carbocycles. The molecule has 250 valence electrons. The molecule has 2 N–H and O–H groups in total. The number of aromatic nitrogens is 1. The highest BCUT2D eigenvalue weighted by molar-refractivity contribution is 8.00. The lowest BCUT2D eigenvalue weighted by Crippen LogP contribution is -2.42. The van der Waals surface area contributed by atoms with E-state index in [1.54, 1.807) is 43.0 Å². The Bertz CT molecular complexity index is 2040. The molecular weight excluding hydrogens is 663 g/mol. The number of ether oxygens (including phenoxy) is 2. The largest absolute Gasteiger partial charge is 0.483 e. The van der Waals surface area contributed by atoms with Crippen LogP contribution in [0.25, 0.3) is 0 Å². The van der Waals surface area contributed by atoms with E-state index >= 15 is 0 Å². The first-order chi connectivity index (χ1) is 23.7. The number of esters is 1. The van der Waals surface area contributed by atoms with Gasteiger partial charge in [0.25, 0.3) is 5.91 Å². The molecule has 3 amide bonds. The van der Waals surface area contributed by atoms with Gasteiger partial charge in [-0.15, -0.1) is 11.8 Å². The van der Waals surface area contributed by atoms with Gasteiger partial charge < -0.3 is 19.8 Å². The van der Waals surface area contributed by atoms with E-state index in [0.29, 0.717) is 22.7 Å². The number of imide groups is 1. The SMILES string of the molecule is CCOC(=O)c1ccc(NC(=O)COc2ccccc2[C@H]2c3sc(=O)[nH]c3SC3C4CC(C5C(=O)N(c6ccc(C)cc6)C(=O)C45)C32)cc1. The maximum Gasteiger partial charge on any atom is 0.338 e. The number of benzene rings is 3. The number of fused-ring (bicyclic) bond motifs is 9. The Hall–Kier alpha value is -4.68. The van der Waals surface area contributed by atoms with Crippen LogP contribution < -0.4 is 19.8 Å². The lowest BCUT2D eigenvalue weighted by Gasteiger charge is -2.43. The van der Waals surface area contributed by atoms with Crippen molar-refractivity contribution in [2.24, 2.45) is 29.6 Å². The topological polar surface area (TPSA) is 135 Å². The first-order valence-corrected chi connectivity index (χ1v) is 18.1. The summed E-state index contributed by atoms with van der Waals surface area (Å²) in [7, 11) is 0. The van der Waals surface area contributed by atoms with Gasteiger partial charge in [-0.25, -0.2) is 4.79 Å². The van der Waals surface area contributed by atoms with Crippen LogP contribution in [0.2, 0.25) is 0 Å². The van der Waals surface area contributed by atoms with Crippen molar-refractivity contribution in [2.45, 2.75) is 36.5 Å². The van der Waals surface area contributed by atoms with Crippen LogP contribution in [-0.2, 0) is 19.1 Å². The number of hydrogen-bond donors (Lipinski definition) is 2. The summed E-state index contributed by atoms with van der Waals surface area (Å²) in [6.07, 6.45) is 0.771. The average molecular weight is 696 g/mol. The monoisotopic (exact) mass is 695 g/mol. The second kappa shape index (κ2) is 12.3. The Kier molecular flexibility index (Phi) is 7.95. The molecular formula is C37H33N3O7S2. The molecule has 4 aliphatic rings. The number of nitrogens with zero attached hydrogens (tertiary/aromatic N) is 1. The minimum Gasteiger partial charge on any atom is -0.483 e. The molecule has 7 atom stereocenters. The molecule has 2 aliphatic heterocycles. The van der Waals surface area contributed by atoms with Gasteiger partial charge in [0.05, 0.1) is 34.7 Å². The van der Waals surface area contributed by atoms with Crippen molar-refractivity contribution in [3.05, 3.63) is 104 Å². The number of H-pyrrole nitrogens is 1. The Balaban J connectivity index is 1.06. The predicted octanol–water partition coefficient (Wildman–Crippen LogP) is 5.62. The van der Waals surface area contributed by atoms with E-state index in [9.17, 15) is 24.0 Å². The molecule has 8 rings (SSSR count). The lowest BCUT2D eigenvalue weighted by atomic mass is 9.68. The fourth-order valence-corrected chi connectivity index (χ4v) is 11.3. The molecule has 1 aromatic heterocycles. The molecule has 12 heteroatoms. The van der Waals surface area contributed by atoms with E-state index in [2.05, 4.69) is 10.3 Å². The Morgan fingerprint density at radius 1 is 0.939 bits per heavy atom. The number of hydrogen-bond acceptors (Lipinski definition) is 9. The Morgan fingerprint density at radius 3 is 2.39 bits per heavy atom. The molecule has 4 aromatic rings. The fraction of sp³-hybridized carbons (Fsp3) is 0.324. The van der Waals surface area contributed by atoms with Crippen LogP contribution in [0.1, 0.15) is 45.6 Å². The number of nitrogens with one attached hydrogen (secondary N) is 2. The van der Waals surface area contributed by atoms with E-state index in [-0.39, 0.29) is 70.6 Å². The number of thioether (sulfide) groups is 1. The number of carbonyl (C=O) groups is 4. The van der Waals surface area contributed by atoms with Gasteiger partial charge >= 0.3 is 10.8 Å². The molecule has 3 fully saturated rings. The second-order valence-corrected chi connectivity index (χ2v) is 15.2. The third-order valence-corrected chi connectivity index (χ3v) is 12.9. The smallest absolute Gasteiger partial charge is 0.338 e. The van der Waals surface area contributed by atoms with Crippen LogP contribution >= 0.6 is 23.1 Å². The molecule has 6 unspecified atom stereocenters. The number of carbonyl (C=O) groups excluding carboxylic acids is 4. The van der Waals surface area contributed by atoms with Crippen LogP contribution in [0.4, 0.5) is 11.4 Å². The van der Waals surface area contributed by atoms with Crippen molar-refractivity contribution in [1.82, 2.24) is 4.98 Å². The summed E-state index contributed by atoms with van der Waals surface area (Å²) >= 11 is 2.80. The van der Waals surface area contributed by atoms with Crippen LogP contribution in [0.3, 0.4) is 0 Å². The zero-order valence-electron chi connectivity index (χ0n) is 26.7. The number of aryl methyl sites for hydroxylation is 1. The number of rotatable bonds is 8. The highest BCUT2D eigenvalue weighted by Crippen LogP contribution is 2.69. The van der Waals surface area contributed by atoms with Gasteiger partial charge in [-0.3, -0.25) is 24.1 Å². The first-order valence-electron chi connectivity index (χ1n) is 16.4. The molecule has 0 spiro atoms. The molecule has 3 heterocycles. The minimum atomic E-state index is -0.433. The van der Waals surface area contributed by atoms with Crippen molar-refractivity contribution in [2.75, 3.05) is 23.4 Å². The Morgan fingerprint density at radius 2 is 1.65 bits per heavy atom. The fourth-order valence-electron chi connectivity index (χ4n) is 8.43. The third kappa shape index (κ3) is 5.28. The third-order valence-electron chi connectivity index (χ3n) is 10.3. The predicted molar refractivity (Wildman–Crippen MR) is 185 cm³/mol. The van der Waals surface area contributed by atoms with Gasteiger partial charge in [0, 0.05) is 27.3 Å². The maximum absolute atomic E-state index is 14.1. The van der Waals surface area contributed by atoms with E-state index < -0.39 is 11.9 Å². The number of anilines is 2. The normalized spacial score (nSPS) is 26.2. The van der Waals surface area contributed by atoms with Gasteiger partial charge in [-0.05, 0) is 80.5 Å². The summed E-state index contributed by atoms with van der Waals surface area (Å²) in [4.78, 5) is 70.9. The van der Waals surface area contributed by atoms with Crippen LogP contribution in [-0.4, -0.2) is 47.1 Å².